The zero-order valence-electron chi connectivity index (χ0n) is 17.5. The van der Waals surface area contributed by atoms with Crippen LogP contribution in [-0.4, -0.2) is 46.9 Å². The van der Waals surface area contributed by atoms with Crippen LogP contribution in [0.3, 0.4) is 0 Å². The average molecular weight is 420 g/mol. The number of anilines is 2. The SMILES string of the molecule is COc1cccc(F)c1-c1nccc(C(=O)Nc2ccc3c(cnn3C)c2N(C)C)n1. The lowest BCUT2D eigenvalue weighted by atomic mass is 10.1. The largest absolute Gasteiger partial charge is 0.496 e. The van der Waals surface area contributed by atoms with E-state index < -0.39 is 11.7 Å². The van der Waals surface area contributed by atoms with Crippen LogP contribution in [0.1, 0.15) is 10.5 Å². The zero-order valence-corrected chi connectivity index (χ0v) is 17.5. The number of hydrogen-bond donors (Lipinski definition) is 1. The number of methoxy groups -OCH3 is 1. The van der Waals surface area contributed by atoms with E-state index in [1.165, 1.54) is 31.5 Å². The van der Waals surface area contributed by atoms with Crippen LogP contribution < -0.4 is 15.0 Å². The Kier molecular flexibility index (Phi) is 5.24. The molecule has 4 aromatic rings. The second-order valence-electron chi connectivity index (χ2n) is 7.09. The highest BCUT2D eigenvalue weighted by molar-refractivity contribution is 6.08. The van der Waals surface area contributed by atoms with Crippen LogP contribution >= 0.6 is 0 Å². The van der Waals surface area contributed by atoms with Crippen molar-refractivity contribution >= 4 is 28.2 Å². The number of nitrogens with one attached hydrogen (secondary N) is 1. The molecule has 1 N–H and O–H groups in total. The zero-order chi connectivity index (χ0) is 22.1. The number of amides is 1. The Morgan fingerprint density at radius 3 is 2.74 bits per heavy atom. The third kappa shape index (κ3) is 3.65. The van der Waals surface area contributed by atoms with Crippen molar-refractivity contribution in [2.45, 2.75) is 0 Å². The molecule has 9 heteroatoms. The summed E-state index contributed by atoms with van der Waals surface area (Å²) in [7, 11) is 7.08. The van der Waals surface area contributed by atoms with Crippen LogP contribution in [0.5, 0.6) is 5.75 Å². The van der Waals surface area contributed by atoms with Crippen molar-refractivity contribution in [3.8, 4) is 17.1 Å². The Balaban J connectivity index is 1.71. The second-order valence-corrected chi connectivity index (χ2v) is 7.09. The molecule has 2 aromatic heterocycles. The van der Waals surface area contributed by atoms with E-state index in [0.29, 0.717) is 5.69 Å². The molecule has 31 heavy (non-hydrogen) atoms. The van der Waals surface area contributed by atoms with Gasteiger partial charge in [-0.3, -0.25) is 9.48 Å². The maximum Gasteiger partial charge on any atom is 0.274 e. The van der Waals surface area contributed by atoms with Crippen molar-refractivity contribution in [3.05, 3.63) is 60.3 Å². The minimum atomic E-state index is -0.533. The van der Waals surface area contributed by atoms with Gasteiger partial charge in [0.2, 0.25) is 0 Å². The lowest BCUT2D eigenvalue weighted by Gasteiger charge is -2.19. The van der Waals surface area contributed by atoms with Crippen LogP contribution in [0.2, 0.25) is 0 Å². The summed E-state index contributed by atoms with van der Waals surface area (Å²) in [5.41, 5.74) is 2.58. The summed E-state index contributed by atoms with van der Waals surface area (Å²) >= 11 is 0. The topological polar surface area (TPSA) is 85.2 Å². The molecule has 2 aromatic carbocycles. The van der Waals surface area contributed by atoms with Gasteiger partial charge in [0.25, 0.3) is 5.91 Å². The molecule has 8 nitrogen and oxygen atoms in total. The van der Waals surface area contributed by atoms with Crippen LogP contribution in [0.4, 0.5) is 15.8 Å². The summed E-state index contributed by atoms with van der Waals surface area (Å²) in [5, 5.41) is 8.10. The number of rotatable bonds is 5. The Labute approximate surface area is 178 Å². The van der Waals surface area contributed by atoms with Crippen molar-refractivity contribution in [1.82, 2.24) is 19.7 Å². The van der Waals surface area contributed by atoms with E-state index in [1.54, 1.807) is 16.9 Å². The molecule has 0 aliphatic heterocycles. The van der Waals surface area contributed by atoms with Gasteiger partial charge in [0.15, 0.2) is 5.82 Å². The van der Waals surface area contributed by atoms with Crippen molar-refractivity contribution < 1.29 is 13.9 Å². The highest BCUT2D eigenvalue weighted by Gasteiger charge is 2.19. The van der Waals surface area contributed by atoms with E-state index in [2.05, 4.69) is 20.4 Å². The number of benzene rings is 2. The molecule has 0 radical (unpaired) electrons. The molecule has 4 rings (SSSR count). The quantitative estimate of drug-likeness (QED) is 0.532. The molecule has 2 heterocycles. The summed E-state index contributed by atoms with van der Waals surface area (Å²) in [6.07, 6.45) is 3.17. The van der Waals surface area contributed by atoms with Crippen molar-refractivity contribution in [3.63, 3.8) is 0 Å². The van der Waals surface area contributed by atoms with E-state index in [1.807, 2.05) is 38.2 Å². The van der Waals surface area contributed by atoms with E-state index in [9.17, 15) is 9.18 Å². The van der Waals surface area contributed by atoms with Crippen LogP contribution in [-0.2, 0) is 7.05 Å². The molecular formula is C22H21FN6O2. The minimum Gasteiger partial charge on any atom is -0.496 e. The van der Waals surface area contributed by atoms with E-state index >= 15 is 0 Å². The maximum absolute atomic E-state index is 14.4. The molecule has 0 spiro atoms. The normalized spacial score (nSPS) is 10.9. The molecule has 0 fully saturated rings. The van der Waals surface area contributed by atoms with Crippen LogP contribution in [0.25, 0.3) is 22.3 Å². The van der Waals surface area contributed by atoms with Gasteiger partial charge in [-0.1, -0.05) is 6.07 Å². The highest BCUT2D eigenvalue weighted by atomic mass is 19.1. The monoisotopic (exact) mass is 420 g/mol. The molecule has 158 valence electrons. The van der Waals surface area contributed by atoms with Gasteiger partial charge in [0.05, 0.1) is 35.8 Å². The number of aromatic nitrogens is 4. The third-order valence-corrected chi connectivity index (χ3v) is 4.91. The summed E-state index contributed by atoms with van der Waals surface area (Å²) in [5.74, 6) is -0.619. The molecule has 0 unspecified atom stereocenters. The second kappa shape index (κ2) is 8.02. The smallest absolute Gasteiger partial charge is 0.274 e. The summed E-state index contributed by atoms with van der Waals surface area (Å²) in [6.45, 7) is 0. The number of nitrogens with zero attached hydrogens (tertiary/aromatic N) is 5. The number of hydrogen-bond acceptors (Lipinski definition) is 6. The molecule has 0 saturated carbocycles. The van der Waals surface area contributed by atoms with Crippen molar-refractivity contribution in [2.24, 2.45) is 7.05 Å². The number of carbonyl (C=O) groups is 1. The van der Waals surface area contributed by atoms with Gasteiger partial charge >= 0.3 is 0 Å². The van der Waals surface area contributed by atoms with Gasteiger partial charge in [0.1, 0.15) is 17.3 Å². The van der Waals surface area contributed by atoms with Gasteiger partial charge in [-0.05, 0) is 30.3 Å². The van der Waals surface area contributed by atoms with E-state index in [-0.39, 0.29) is 22.8 Å². The number of carbonyl (C=O) groups excluding carboxylic acids is 1. The van der Waals surface area contributed by atoms with E-state index in [0.717, 1.165) is 16.6 Å². The number of halogens is 1. The molecule has 1 amide bonds. The van der Waals surface area contributed by atoms with Gasteiger partial charge in [-0.15, -0.1) is 0 Å². The third-order valence-electron chi connectivity index (χ3n) is 4.91. The molecule has 0 aliphatic rings. The Morgan fingerprint density at radius 2 is 2.00 bits per heavy atom. The van der Waals surface area contributed by atoms with Gasteiger partial charge in [-0.2, -0.15) is 5.10 Å². The van der Waals surface area contributed by atoms with Crippen LogP contribution in [0, 0.1) is 5.82 Å². The predicted octanol–water partition coefficient (Wildman–Crippen LogP) is 3.50. The average Bonchev–Trinajstić information content (AvgIpc) is 3.13. The highest BCUT2D eigenvalue weighted by Crippen LogP contribution is 2.34. The first-order valence-corrected chi connectivity index (χ1v) is 9.50. The lowest BCUT2D eigenvalue weighted by Crippen LogP contribution is -2.18. The standard InChI is InChI=1S/C22H21FN6O2/c1-28(2)20-13-12-25-29(3)17(13)9-8-15(20)27-22(30)16-10-11-24-21(26-16)19-14(23)6-5-7-18(19)31-4/h5-12H,1-4H3,(H,27,30). The van der Waals surface area contributed by atoms with E-state index in [4.69, 9.17) is 4.74 Å². The Morgan fingerprint density at radius 1 is 1.19 bits per heavy atom. The van der Waals surface area contributed by atoms with Gasteiger partial charge < -0.3 is 15.0 Å². The molecule has 0 saturated heterocycles. The first kappa shape index (κ1) is 20.3. The fourth-order valence-electron chi connectivity index (χ4n) is 3.48. The molecular weight excluding hydrogens is 399 g/mol. The van der Waals surface area contributed by atoms with Gasteiger partial charge in [-0.25, -0.2) is 14.4 Å². The fourth-order valence-corrected chi connectivity index (χ4v) is 3.48. The number of aryl methyl sites for hydroxylation is 1. The number of ether oxygens (including phenoxy) is 1. The maximum atomic E-state index is 14.4. The first-order valence-electron chi connectivity index (χ1n) is 9.50. The van der Waals surface area contributed by atoms with Gasteiger partial charge in [0, 0.05) is 32.7 Å². The summed E-state index contributed by atoms with van der Waals surface area (Å²) in [4.78, 5) is 23.3. The first-order chi connectivity index (χ1) is 14.9. The van der Waals surface area contributed by atoms with Crippen LogP contribution in [0.15, 0.2) is 48.8 Å². The molecule has 0 aliphatic carbocycles. The van der Waals surface area contributed by atoms with Crippen molar-refractivity contribution in [2.75, 3.05) is 31.4 Å². The molecule has 0 atom stereocenters. The summed E-state index contributed by atoms with van der Waals surface area (Å²) < 4.78 is 21.4. The lowest BCUT2D eigenvalue weighted by molar-refractivity contribution is 0.102. The Hall–Kier alpha value is -4.01. The minimum absolute atomic E-state index is 0.0677. The predicted molar refractivity (Wildman–Crippen MR) is 117 cm³/mol. The number of fused-ring (bicyclic) bond motifs is 1. The molecule has 0 bridgehead atoms. The Bertz CT molecular complexity index is 1280. The fraction of sp³-hybridized carbons (Fsp3) is 0.182. The van der Waals surface area contributed by atoms with Crippen molar-refractivity contribution in [1.29, 1.82) is 0 Å². The summed E-state index contributed by atoms with van der Waals surface area (Å²) in [6, 6.07) is 9.62.